The van der Waals surface area contributed by atoms with Crippen molar-refractivity contribution in [3.63, 3.8) is 0 Å². The summed E-state index contributed by atoms with van der Waals surface area (Å²) < 4.78 is 5.33. The molecule has 0 aromatic heterocycles. The normalized spacial score (nSPS) is 12.9. The third-order valence-electron chi connectivity index (χ3n) is 3.26. The molecule has 0 saturated heterocycles. The van der Waals surface area contributed by atoms with Crippen molar-refractivity contribution in [2.75, 3.05) is 0 Å². The Morgan fingerprint density at radius 2 is 2.05 bits per heavy atom. The number of esters is 1. The number of hydrogen-bond acceptors (Lipinski definition) is 2. The van der Waals surface area contributed by atoms with Gasteiger partial charge in [0.1, 0.15) is 5.60 Å². The van der Waals surface area contributed by atoms with Crippen LogP contribution in [0, 0.1) is 12.3 Å². The van der Waals surface area contributed by atoms with Crippen LogP contribution in [0.3, 0.4) is 0 Å². The summed E-state index contributed by atoms with van der Waals surface area (Å²) in [6.45, 7) is 5.78. The molecule has 0 spiro atoms. The maximum Gasteiger partial charge on any atom is 0.330 e. The molecule has 0 N–H and O–H groups in total. The molecule has 1 aromatic carbocycles. The summed E-state index contributed by atoms with van der Waals surface area (Å²) in [4.78, 5) is 11.7. The molecule has 0 aliphatic heterocycles. The number of terminal acetylenes is 1. The van der Waals surface area contributed by atoms with Gasteiger partial charge < -0.3 is 4.74 Å². The van der Waals surface area contributed by atoms with Crippen LogP contribution in [0.2, 0.25) is 0 Å². The van der Waals surface area contributed by atoms with E-state index >= 15 is 0 Å². The molecule has 0 bridgehead atoms. The van der Waals surface area contributed by atoms with Crippen LogP contribution in [0.15, 0.2) is 42.5 Å². The predicted octanol–water partition coefficient (Wildman–Crippen LogP) is 4.08. The Labute approximate surface area is 121 Å². The van der Waals surface area contributed by atoms with Gasteiger partial charge in [-0.05, 0) is 32.3 Å². The van der Waals surface area contributed by atoms with E-state index in [1.54, 1.807) is 6.08 Å². The van der Waals surface area contributed by atoms with Crippen molar-refractivity contribution in [3.05, 3.63) is 48.0 Å². The van der Waals surface area contributed by atoms with E-state index in [9.17, 15) is 4.79 Å². The molecule has 0 saturated carbocycles. The van der Waals surface area contributed by atoms with Crippen LogP contribution in [0.4, 0.5) is 0 Å². The van der Waals surface area contributed by atoms with E-state index in [4.69, 9.17) is 11.2 Å². The number of rotatable bonds is 6. The lowest BCUT2D eigenvalue weighted by Gasteiger charge is -2.22. The Hall–Kier alpha value is -2.01. The zero-order valence-electron chi connectivity index (χ0n) is 12.4. The summed E-state index contributed by atoms with van der Waals surface area (Å²) in [5.41, 5.74) is 0.661. The highest BCUT2D eigenvalue weighted by molar-refractivity contribution is 5.82. The average Bonchev–Trinajstić information content (AvgIpc) is 2.44. The number of carbonyl (C=O) groups excluding carboxylic acids is 1. The Morgan fingerprint density at radius 3 is 2.60 bits per heavy atom. The molecule has 0 aliphatic carbocycles. The predicted molar refractivity (Wildman–Crippen MR) is 82.2 cm³/mol. The molecule has 0 fully saturated rings. The molecule has 0 unspecified atom stereocenters. The van der Waals surface area contributed by atoms with Gasteiger partial charge in [-0.3, -0.25) is 0 Å². The zero-order valence-corrected chi connectivity index (χ0v) is 12.4. The third-order valence-corrected chi connectivity index (χ3v) is 3.26. The first-order chi connectivity index (χ1) is 9.48. The number of ether oxygens (including phenoxy) is 1. The minimum absolute atomic E-state index is 0.0144. The van der Waals surface area contributed by atoms with Crippen LogP contribution in [-0.2, 0) is 9.53 Å². The van der Waals surface area contributed by atoms with Crippen molar-refractivity contribution >= 4 is 5.97 Å². The van der Waals surface area contributed by atoms with Crippen molar-refractivity contribution in [2.45, 2.75) is 45.1 Å². The third kappa shape index (κ3) is 5.32. The minimum atomic E-state index is -0.424. The van der Waals surface area contributed by atoms with Gasteiger partial charge in [-0.15, -0.1) is 6.42 Å². The van der Waals surface area contributed by atoms with Crippen LogP contribution in [0.1, 0.15) is 45.1 Å². The maximum atomic E-state index is 11.7. The highest BCUT2D eigenvalue weighted by Crippen LogP contribution is 2.19. The van der Waals surface area contributed by atoms with Crippen LogP contribution < -0.4 is 0 Å². The Kier molecular flexibility index (Phi) is 6.06. The molecule has 1 atom stereocenters. The van der Waals surface area contributed by atoms with E-state index in [1.165, 1.54) is 6.08 Å². The molecule has 1 aromatic rings. The van der Waals surface area contributed by atoms with Crippen molar-refractivity contribution in [1.29, 1.82) is 0 Å². The van der Waals surface area contributed by atoms with Crippen molar-refractivity contribution in [3.8, 4) is 12.3 Å². The fraction of sp³-hybridized carbons (Fsp3) is 0.389. The highest BCUT2D eigenvalue weighted by atomic mass is 16.6. The molecular formula is C18H22O2. The molecule has 0 amide bonds. The average molecular weight is 270 g/mol. The SMILES string of the molecule is C#C[C@H](C/C=C/C(=O)OC(C)(C)CC)c1ccccc1. The number of carbonyl (C=O) groups is 1. The molecule has 2 nitrogen and oxygen atoms in total. The van der Waals surface area contributed by atoms with Crippen molar-refractivity contribution in [2.24, 2.45) is 0 Å². The van der Waals surface area contributed by atoms with Crippen molar-refractivity contribution in [1.82, 2.24) is 0 Å². The van der Waals surface area contributed by atoms with Gasteiger partial charge in [0.05, 0.1) is 0 Å². The van der Waals surface area contributed by atoms with Gasteiger partial charge in [0.2, 0.25) is 0 Å². The summed E-state index contributed by atoms with van der Waals surface area (Å²) in [6.07, 6.45) is 10.2. The van der Waals surface area contributed by atoms with E-state index < -0.39 is 5.60 Å². The van der Waals surface area contributed by atoms with Gasteiger partial charge in [0, 0.05) is 12.0 Å². The summed E-state index contributed by atoms with van der Waals surface area (Å²) >= 11 is 0. The van der Waals surface area contributed by atoms with Gasteiger partial charge >= 0.3 is 5.97 Å². The fourth-order valence-corrected chi connectivity index (χ4v) is 1.66. The molecule has 0 aliphatic rings. The van der Waals surface area contributed by atoms with E-state index in [-0.39, 0.29) is 11.9 Å². The van der Waals surface area contributed by atoms with Crippen LogP contribution in [0.5, 0.6) is 0 Å². The minimum Gasteiger partial charge on any atom is -0.457 e. The van der Waals surface area contributed by atoms with Gasteiger partial charge in [0.25, 0.3) is 0 Å². The number of allylic oxidation sites excluding steroid dienone is 1. The number of benzene rings is 1. The van der Waals surface area contributed by atoms with E-state index in [1.807, 2.05) is 51.1 Å². The van der Waals surface area contributed by atoms with Gasteiger partial charge in [-0.2, -0.15) is 0 Å². The maximum absolute atomic E-state index is 11.7. The first-order valence-corrected chi connectivity index (χ1v) is 6.89. The van der Waals surface area contributed by atoms with Gasteiger partial charge in [-0.1, -0.05) is 49.3 Å². The summed E-state index contributed by atoms with van der Waals surface area (Å²) in [6, 6.07) is 9.87. The number of hydrogen-bond donors (Lipinski definition) is 0. The Bertz CT molecular complexity index is 492. The smallest absolute Gasteiger partial charge is 0.330 e. The van der Waals surface area contributed by atoms with Gasteiger partial charge in [0.15, 0.2) is 0 Å². The summed E-state index contributed by atoms with van der Waals surface area (Å²) in [5.74, 6) is 2.41. The van der Waals surface area contributed by atoms with E-state index in [0.717, 1.165) is 12.0 Å². The lowest BCUT2D eigenvalue weighted by molar-refractivity contribution is -0.150. The second kappa shape index (κ2) is 7.55. The molecule has 1 rings (SSSR count). The lowest BCUT2D eigenvalue weighted by atomic mass is 9.96. The van der Waals surface area contributed by atoms with Crippen molar-refractivity contribution < 1.29 is 9.53 Å². The topological polar surface area (TPSA) is 26.3 Å². The first-order valence-electron chi connectivity index (χ1n) is 6.89. The Morgan fingerprint density at radius 1 is 1.40 bits per heavy atom. The van der Waals surface area contributed by atoms with E-state index in [2.05, 4.69) is 5.92 Å². The van der Waals surface area contributed by atoms with E-state index in [0.29, 0.717) is 6.42 Å². The molecule has 106 valence electrons. The Balaban J connectivity index is 2.55. The van der Waals surface area contributed by atoms with Crippen LogP contribution in [0.25, 0.3) is 0 Å². The van der Waals surface area contributed by atoms with Gasteiger partial charge in [-0.25, -0.2) is 4.79 Å². The molecular weight excluding hydrogens is 248 g/mol. The standard InChI is InChI=1S/C18H22O2/c1-5-15(16-11-8-7-9-12-16)13-10-14-17(19)20-18(3,4)6-2/h1,7-12,14-15H,6,13H2,2-4H3/b14-10+/t15-/m1/s1. The first kappa shape index (κ1) is 16.0. The second-order valence-electron chi connectivity index (χ2n) is 5.30. The zero-order chi connectivity index (χ0) is 15.0. The highest BCUT2D eigenvalue weighted by Gasteiger charge is 2.18. The molecule has 0 radical (unpaired) electrons. The fourth-order valence-electron chi connectivity index (χ4n) is 1.66. The largest absolute Gasteiger partial charge is 0.457 e. The van der Waals surface area contributed by atoms with Crippen LogP contribution >= 0.6 is 0 Å². The quantitative estimate of drug-likeness (QED) is 0.442. The molecule has 20 heavy (non-hydrogen) atoms. The van der Waals surface area contributed by atoms with Crippen LogP contribution in [-0.4, -0.2) is 11.6 Å². The lowest BCUT2D eigenvalue weighted by Crippen LogP contribution is -2.25. The summed E-state index contributed by atoms with van der Waals surface area (Å²) in [5, 5.41) is 0. The summed E-state index contributed by atoms with van der Waals surface area (Å²) in [7, 11) is 0. The second-order valence-corrected chi connectivity index (χ2v) is 5.30. The monoisotopic (exact) mass is 270 g/mol. The molecule has 2 heteroatoms. The molecule has 0 heterocycles.